The zero-order chi connectivity index (χ0) is 15.5. The first-order valence-corrected chi connectivity index (χ1v) is 7.31. The number of halogens is 1. The third-order valence-corrected chi connectivity index (χ3v) is 4.04. The molecule has 0 amide bonds. The molecular formula is C18H17FN2O. The largest absolute Gasteiger partial charge is 0.497 e. The van der Waals surface area contributed by atoms with Crippen molar-refractivity contribution in [3.05, 3.63) is 58.9 Å². The van der Waals surface area contributed by atoms with E-state index in [1.165, 1.54) is 17.7 Å². The fraction of sp³-hybridized carbons (Fsp3) is 0.278. The maximum absolute atomic E-state index is 14.0. The number of benzene rings is 2. The third-order valence-electron chi connectivity index (χ3n) is 4.04. The molecule has 1 aliphatic rings. The summed E-state index contributed by atoms with van der Waals surface area (Å²) in [4.78, 5) is 2.16. The highest BCUT2D eigenvalue weighted by Gasteiger charge is 2.19. The molecule has 3 nitrogen and oxygen atoms in total. The summed E-state index contributed by atoms with van der Waals surface area (Å²) in [5.41, 5.74) is 3.39. The first-order chi connectivity index (χ1) is 10.7. The van der Waals surface area contributed by atoms with Crippen LogP contribution in [0.3, 0.4) is 0 Å². The summed E-state index contributed by atoms with van der Waals surface area (Å²) in [6.45, 7) is 1.36. The lowest BCUT2D eigenvalue weighted by molar-refractivity contribution is 0.414. The van der Waals surface area contributed by atoms with Crippen molar-refractivity contribution in [3.63, 3.8) is 0 Å². The average Bonchev–Trinajstić information content (AvgIpc) is 2.56. The van der Waals surface area contributed by atoms with E-state index in [-0.39, 0.29) is 5.82 Å². The Morgan fingerprint density at radius 1 is 1.27 bits per heavy atom. The van der Waals surface area contributed by atoms with E-state index in [0.29, 0.717) is 17.7 Å². The van der Waals surface area contributed by atoms with Crippen LogP contribution >= 0.6 is 0 Å². The Morgan fingerprint density at radius 2 is 2.14 bits per heavy atom. The summed E-state index contributed by atoms with van der Waals surface area (Å²) in [5, 5.41) is 8.97. The van der Waals surface area contributed by atoms with Crippen molar-refractivity contribution >= 4 is 5.69 Å². The Morgan fingerprint density at radius 3 is 2.91 bits per heavy atom. The number of fused-ring (bicyclic) bond motifs is 1. The zero-order valence-electron chi connectivity index (χ0n) is 12.5. The monoisotopic (exact) mass is 296 g/mol. The van der Waals surface area contributed by atoms with Gasteiger partial charge in [-0.3, -0.25) is 0 Å². The minimum atomic E-state index is -0.264. The number of nitrogens with zero attached hydrogens (tertiary/aromatic N) is 2. The highest BCUT2D eigenvalue weighted by atomic mass is 19.1. The van der Waals surface area contributed by atoms with Crippen LogP contribution in [-0.4, -0.2) is 13.7 Å². The molecule has 0 aliphatic carbocycles. The van der Waals surface area contributed by atoms with Gasteiger partial charge >= 0.3 is 0 Å². The van der Waals surface area contributed by atoms with E-state index in [0.717, 1.165) is 30.8 Å². The number of hydrogen-bond acceptors (Lipinski definition) is 3. The molecule has 0 unspecified atom stereocenters. The van der Waals surface area contributed by atoms with Gasteiger partial charge in [-0.05, 0) is 54.8 Å². The Hall–Kier alpha value is -2.54. The first kappa shape index (κ1) is 14.4. The lowest BCUT2D eigenvalue weighted by atomic mass is 10.0. The number of hydrogen-bond donors (Lipinski definition) is 0. The molecule has 1 aliphatic heterocycles. The molecule has 2 aromatic carbocycles. The fourth-order valence-corrected chi connectivity index (χ4v) is 2.91. The lowest BCUT2D eigenvalue weighted by Gasteiger charge is -2.31. The molecule has 112 valence electrons. The molecule has 4 heteroatoms. The van der Waals surface area contributed by atoms with E-state index in [1.807, 2.05) is 18.2 Å². The molecule has 0 atom stereocenters. The second-order valence-electron chi connectivity index (χ2n) is 5.44. The van der Waals surface area contributed by atoms with Gasteiger partial charge in [0.1, 0.15) is 11.6 Å². The SMILES string of the molecule is COc1ccc2c(c1)CCCN2Cc1cc(C#N)ccc1F. The van der Waals surface area contributed by atoms with Crippen LogP contribution in [0, 0.1) is 17.1 Å². The minimum Gasteiger partial charge on any atom is -0.497 e. The van der Waals surface area contributed by atoms with Gasteiger partial charge < -0.3 is 9.64 Å². The predicted octanol–water partition coefficient (Wildman–Crippen LogP) is 3.66. The Kier molecular flexibility index (Phi) is 3.97. The van der Waals surface area contributed by atoms with Gasteiger partial charge in [0.2, 0.25) is 0 Å². The van der Waals surface area contributed by atoms with Gasteiger partial charge in [-0.2, -0.15) is 5.26 Å². The molecular weight excluding hydrogens is 279 g/mol. The van der Waals surface area contributed by atoms with E-state index in [9.17, 15) is 4.39 Å². The molecule has 0 aromatic heterocycles. The van der Waals surface area contributed by atoms with E-state index in [2.05, 4.69) is 11.0 Å². The van der Waals surface area contributed by atoms with Gasteiger partial charge in [0, 0.05) is 24.3 Å². The third kappa shape index (κ3) is 2.75. The van der Waals surface area contributed by atoms with Gasteiger partial charge in [0.25, 0.3) is 0 Å². The molecule has 0 saturated carbocycles. The summed E-state index contributed by atoms with van der Waals surface area (Å²) < 4.78 is 19.3. The number of aryl methyl sites for hydroxylation is 1. The molecule has 0 radical (unpaired) electrons. The number of methoxy groups -OCH3 is 1. The standard InChI is InChI=1S/C18H17FN2O/c1-22-16-5-7-18-14(10-16)3-2-8-21(18)12-15-9-13(11-20)4-6-17(15)19/h4-7,9-10H,2-3,8,12H2,1H3. The highest BCUT2D eigenvalue weighted by Crippen LogP contribution is 2.31. The Labute approximate surface area is 129 Å². The molecule has 0 saturated heterocycles. The molecule has 1 heterocycles. The minimum absolute atomic E-state index is 0.264. The van der Waals surface area contributed by atoms with Crippen LogP contribution in [0.2, 0.25) is 0 Å². The van der Waals surface area contributed by atoms with Crippen molar-refractivity contribution in [1.82, 2.24) is 0 Å². The van der Waals surface area contributed by atoms with Crippen molar-refractivity contribution < 1.29 is 9.13 Å². The van der Waals surface area contributed by atoms with E-state index in [1.54, 1.807) is 13.2 Å². The molecule has 22 heavy (non-hydrogen) atoms. The number of ether oxygens (including phenoxy) is 1. The van der Waals surface area contributed by atoms with Crippen molar-refractivity contribution in [3.8, 4) is 11.8 Å². The Balaban J connectivity index is 1.91. The smallest absolute Gasteiger partial charge is 0.128 e. The van der Waals surface area contributed by atoms with E-state index < -0.39 is 0 Å². The molecule has 3 rings (SSSR count). The lowest BCUT2D eigenvalue weighted by Crippen LogP contribution is -2.29. The average molecular weight is 296 g/mol. The number of anilines is 1. The van der Waals surface area contributed by atoms with Crippen molar-refractivity contribution in [2.75, 3.05) is 18.6 Å². The van der Waals surface area contributed by atoms with Crippen molar-refractivity contribution in [1.29, 1.82) is 5.26 Å². The van der Waals surface area contributed by atoms with Crippen molar-refractivity contribution in [2.45, 2.75) is 19.4 Å². The highest BCUT2D eigenvalue weighted by molar-refractivity contribution is 5.58. The topological polar surface area (TPSA) is 36.3 Å². The van der Waals surface area contributed by atoms with Gasteiger partial charge in [-0.1, -0.05) is 0 Å². The number of nitriles is 1. The Bertz CT molecular complexity index is 736. The zero-order valence-corrected chi connectivity index (χ0v) is 12.5. The second kappa shape index (κ2) is 6.07. The normalized spacial score (nSPS) is 13.4. The van der Waals surface area contributed by atoms with Gasteiger partial charge in [0.15, 0.2) is 0 Å². The van der Waals surface area contributed by atoms with Gasteiger partial charge in [0.05, 0.1) is 18.7 Å². The summed E-state index contributed by atoms with van der Waals surface area (Å²) in [6, 6.07) is 12.6. The van der Waals surface area contributed by atoms with E-state index >= 15 is 0 Å². The maximum Gasteiger partial charge on any atom is 0.128 e. The van der Waals surface area contributed by atoms with Gasteiger partial charge in [-0.25, -0.2) is 4.39 Å². The van der Waals surface area contributed by atoms with Crippen LogP contribution in [0.15, 0.2) is 36.4 Å². The predicted molar refractivity (Wildman–Crippen MR) is 83.5 cm³/mol. The summed E-state index contributed by atoms with van der Waals surface area (Å²) in [6.07, 6.45) is 2.03. The quantitative estimate of drug-likeness (QED) is 0.867. The molecule has 0 N–H and O–H groups in total. The van der Waals surface area contributed by atoms with Crippen LogP contribution in [-0.2, 0) is 13.0 Å². The van der Waals surface area contributed by atoms with Gasteiger partial charge in [-0.15, -0.1) is 0 Å². The second-order valence-corrected chi connectivity index (χ2v) is 5.44. The molecule has 0 spiro atoms. The van der Waals surface area contributed by atoms with Crippen LogP contribution < -0.4 is 9.64 Å². The van der Waals surface area contributed by atoms with Crippen LogP contribution in [0.5, 0.6) is 5.75 Å². The van der Waals surface area contributed by atoms with Crippen LogP contribution in [0.25, 0.3) is 0 Å². The first-order valence-electron chi connectivity index (χ1n) is 7.31. The van der Waals surface area contributed by atoms with E-state index in [4.69, 9.17) is 10.00 Å². The summed E-state index contributed by atoms with van der Waals surface area (Å²) in [5.74, 6) is 0.581. The van der Waals surface area contributed by atoms with Crippen LogP contribution in [0.1, 0.15) is 23.1 Å². The fourth-order valence-electron chi connectivity index (χ4n) is 2.91. The molecule has 0 fully saturated rings. The molecule has 2 aromatic rings. The van der Waals surface area contributed by atoms with Crippen LogP contribution in [0.4, 0.5) is 10.1 Å². The van der Waals surface area contributed by atoms with Crippen molar-refractivity contribution in [2.24, 2.45) is 0 Å². The number of rotatable bonds is 3. The molecule has 0 bridgehead atoms. The maximum atomic E-state index is 14.0. The summed E-state index contributed by atoms with van der Waals surface area (Å²) in [7, 11) is 1.66. The summed E-state index contributed by atoms with van der Waals surface area (Å²) >= 11 is 0.